The molecule has 1 aliphatic heterocycles. The lowest BCUT2D eigenvalue weighted by Crippen LogP contribution is -2.47. The number of rotatable bonds is 2. The monoisotopic (exact) mass is 396 g/mol. The Kier molecular flexibility index (Phi) is 4.38. The molecule has 0 bridgehead atoms. The number of imidazole rings is 1. The van der Waals surface area contributed by atoms with Gasteiger partial charge >= 0.3 is 13.3 Å². The van der Waals surface area contributed by atoms with Crippen molar-refractivity contribution in [3.63, 3.8) is 0 Å². The second kappa shape index (κ2) is 6.21. The fourth-order valence-corrected chi connectivity index (χ4v) is 4.19. The van der Waals surface area contributed by atoms with E-state index in [1.165, 1.54) is 0 Å². The molecule has 1 aliphatic carbocycles. The van der Waals surface area contributed by atoms with E-state index >= 15 is 0 Å². The van der Waals surface area contributed by atoms with Crippen molar-refractivity contribution in [3.05, 3.63) is 23.5 Å². The van der Waals surface area contributed by atoms with Gasteiger partial charge in [0.1, 0.15) is 5.82 Å². The highest BCUT2D eigenvalue weighted by atomic mass is 19.4. The van der Waals surface area contributed by atoms with Crippen LogP contribution in [0.3, 0.4) is 0 Å². The molecular weight excluding hydrogens is 372 g/mol. The quantitative estimate of drug-likeness (QED) is 0.793. The minimum absolute atomic E-state index is 0.0605. The topological polar surface area (TPSA) is 56.5 Å². The molecule has 1 aromatic heterocycles. The number of benzene rings is 1. The summed E-state index contributed by atoms with van der Waals surface area (Å²) in [6.07, 6.45) is -3.73. The Morgan fingerprint density at radius 3 is 2.32 bits per heavy atom. The molecule has 1 aromatic carbocycles. The van der Waals surface area contributed by atoms with Crippen LogP contribution in [0.1, 0.15) is 51.0 Å². The first-order chi connectivity index (χ1) is 12.9. The van der Waals surface area contributed by atoms with Crippen LogP contribution in [0.5, 0.6) is 0 Å². The lowest BCUT2D eigenvalue weighted by molar-refractivity contribution is -0.136. The maximum atomic E-state index is 13.9. The van der Waals surface area contributed by atoms with Crippen LogP contribution < -0.4 is 5.46 Å². The molecule has 0 radical (unpaired) electrons. The van der Waals surface area contributed by atoms with Crippen molar-refractivity contribution < 1.29 is 27.6 Å². The number of hydrogen-bond acceptors (Lipinski definition) is 4. The van der Waals surface area contributed by atoms with Crippen LogP contribution in [-0.2, 0) is 15.5 Å². The summed E-state index contributed by atoms with van der Waals surface area (Å²) in [4.78, 5) is 4.39. The third-order valence-corrected chi connectivity index (χ3v) is 5.53. The molecule has 9 heteroatoms. The number of nitrogens with zero attached hydrogens (tertiary/aromatic N) is 2. The lowest BCUT2D eigenvalue weighted by Gasteiger charge is -2.42. The predicted octanol–water partition coefficient (Wildman–Crippen LogP) is 3.22. The van der Waals surface area contributed by atoms with Gasteiger partial charge in [-0.25, -0.2) is 4.98 Å². The van der Waals surface area contributed by atoms with E-state index in [2.05, 4.69) is 4.98 Å². The molecule has 0 atom stereocenters. The number of alkyl halides is 3. The van der Waals surface area contributed by atoms with Gasteiger partial charge < -0.3 is 19.0 Å². The molecule has 1 saturated carbocycles. The van der Waals surface area contributed by atoms with Crippen molar-refractivity contribution in [2.45, 2.75) is 58.4 Å². The second-order valence-electron chi connectivity index (χ2n) is 9.14. The van der Waals surface area contributed by atoms with Gasteiger partial charge in [-0.1, -0.05) is 13.8 Å². The molecule has 1 N–H and O–H groups in total. The van der Waals surface area contributed by atoms with E-state index in [1.807, 2.05) is 13.8 Å². The van der Waals surface area contributed by atoms with E-state index in [0.717, 1.165) is 6.07 Å². The molecule has 0 unspecified atom stereocenters. The molecular formula is C19H24BF3N2O3. The Labute approximate surface area is 162 Å². The molecule has 4 rings (SSSR count). The van der Waals surface area contributed by atoms with Crippen LogP contribution in [0.25, 0.3) is 11.0 Å². The van der Waals surface area contributed by atoms with E-state index in [1.54, 1.807) is 24.5 Å². The average Bonchev–Trinajstić information content (AvgIpc) is 2.86. The zero-order chi connectivity index (χ0) is 20.5. The standard InChI is InChI=1S/C19H24BF3N2O3/c1-11-24-15-6-12(20-27-9-17(2,3)10-28-20)5-14(19(21,22)23)16(15)25(11)13-7-18(4,26)8-13/h5-6,13,26H,7-10H2,1-4H3. The Balaban J connectivity index is 1.80. The van der Waals surface area contributed by atoms with Crippen LogP contribution in [-0.4, -0.2) is 40.6 Å². The molecule has 0 spiro atoms. The minimum atomic E-state index is -4.54. The van der Waals surface area contributed by atoms with Crippen LogP contribution in [0, 0.1) is 12.3 Å². The van der Waals surface area contributed by atoms with Gasteiger partial charge in [0, 0.05) is 24.7 Å². The van der Waals surface area contributed by atoms with Gasteiger partial charge in [-0.05, 0) is 44.3 Å². The van der Waals surface area contributed by atoms with Crippen molar-refractivity contribution in [2.24, 2.45) is 5.41 Å². The van der Waals surface area contributed by atoms with Gasteiger partial charge in [-0.3, -0.25) is 0 Å². The molecule has 2 fully saturated rings. The highest BCUT2D eigenvalue weighted by Crippen LogP contribution is 2.45. The molecule has 2 heterocycles. The number of aromatic nitrogens is 2. The number of hydrogen-bond donors (Lipinski definition) is 1. The minimum Gasteiger partial charge on any atom is -0.407 e. The van der Waals surface area contributed by atoms with Gasteiger partial charge in [0.25, 0.3) is 0 Å². The Bertz CT molecular complexity index is 905. The Hall–Kier alpha value is -1.58. The summed E-state index contributed by atoms with van der Waals surface area (Å²) in [5.41, 5.74) is -1.11. The van der Waals surface area contributed by atoms with E-state index in [4.69, 9.17) is 9.31 Å². The van der Waals surface area contributed by atoms with Gasteiger partial charge in [0.2, 0.25) is 0 Å². The zero-order valence-corrected chi connectivity index (χ0v) is 16.4. The summed E-state index contributed by atoms with van der Waals surface area (Å²) < 4.78 is 54.8. The van der Waals surface area contributed by atoms with E-state index in [0.29, 0.717) is 37.3 Å². The first-order valence-corrected chi connectivity index (χ1v) is 9.42. The highest BCUT2D eigenvalue weighted by Gasteiger charge is 2.44. The number of aliphatic hydroxyl groups is 1. The van der Waals surface area contributed by atoms with Crippen molar-refractivity contribution in [1.29, 1.82) is 0 Å². The molecule has 152 valence electrons. The van der Waals surface area contributed by atoms with Crippen molar-refractivity contribution in [1.82, 2.24) is 9.55 Å². The number of fused-ring (bicyclic) bond motifs is 1. The Morgan fingerprint density at radius 2 is 1.79 bits per heavy atom. The van der Waals surface area contributed by atoms with Crippen molar-refractivity contribution in [3.8, 4) is 0 Å². The average molecular weight is 396 g/mol. The Morgan fingerprint density at radius 1 is 1.18 bits per heavy atom. The van der Waals surface area contributed by atoms with Gasteiger partial charge in [-0.15, -0.1) is 0 Å². The van der Waals surface area contributed by atoms with Gasteiger partial charge in [0.15, 0.2) is 0 Å². The maximum Gasteiger partial charge on any atom is 0.493 e. The summed E-state index contributed by atoms with van der Waals surface area (Å²) in [6, 6.07) is 2.53. The third-order valence-electron chi connectivity index (χ3n) is 5.53. The SMILES string of the molecule is Cc1nc2cc(B3OCC(C)(C)CO3)cc(C(F)(F)F)c2n1C1CC(C)(O)C1. The summed E-state index contributed by atoms with van der Waals surface area (Å²) in [7, 11) is -0.839. The fourth-order valence-electron chi connectivity index (χ4n) is 4.19. The first kappa shape index (κ1) is 19.7. The summed E-state index contributed by atoms with van der Waals surface area (Å²) in [5, 5.41) is 10.0. The molecule has 2 aromatic rings. The van der Waals surface area contributed by atoms with Crippen molar-refractivity contribution >= 4 is 23.6 Å². The summed E-state index contributed by atoms with van der Waals surface area (Å²) >= 11 is 0. The van der Waals surface area contributed by atoms with Crippen molar-refractivity contribution in [2.75, 3.05) is 13.2 Å². The van der Waals surface area contributed by atoms with Crippen LogP contribution in [0.2, 0.25) is 0 Å². The maximum absolute atomic E-state index is 13.9. The second-order valence-corrected chi connectivity index (χ2v) is 9.14. The van der Waals surface area contributed by atoms with Crippen LogP contribution in [0.15, 0.2) is 12.1 Å². The van der Waals surface area contributed by atoms with E-state index < -0.39 is 24.5 Å². The first-order valence-electron chi connectivity index (χ1n) is 9.42. The largest absolute Gasteiger partial charge is 0.493 e. The summed E-state index contributed by atoms with van der Waals surface area (Å²) in [6.45, 7) is 8.16. The lowest BCUT2D eigenvalue weighted by atomic mass is 9.74. The molecule has 5 nitrogen and oxygen atoms in total. The molecule has 0 amide bonds. The van der Waals surface area contributed by atoms with E-state index in [-0.39, 0.29) is 22.5 Å². The fraction of sp³-hybridized carbons (Fsp3) is 0.632. The smallest absolute Gasteiger partial charge is 0.407 e. The molecule has 28 heavy (non-hydrogen) atoms. The van der Waals surface area contributed by atoms with E-state index in [9.17, 15) is 18.3 Å². The number of aryl methyl sites for hydroxylation is 1. The van der Waals surface area contributed by atoms with Crippen LogP contribution >= 0.6 is 0 Å². The number of halogens is 3. The highest BCUT2D eigenvalue weighted by molar-refractivity contribution is 6.61. The molecule has 2 aliphatic rings. The van der Waals surface area contributed by atoms with Gasteiger partial charge in [-0.2, -0.15) is 13.2 Å². The van der Waals surface area contributed by atoms with Gasteiger partial charge in [0.05, 0.1) is 22.2 Å². The zero-order valence-electron chi connectivity index (χ0n) is 16.4. The van der Waals surface area contributed by atoms with Crippen LogP contribution in [0.4, 0.5) is 13.2 Å². The summed E-state index contributed by atoms with van der Waals surface area (Å²) in [5.74, 6) is 0.504. The normalized spacial score (nSPS) is 27.9. The predicted molar refractivity (Wildman–Crippen MR) is 99.4 cm³/mol. The third kappa shape index (κ3) is 3.44. The molecule has 1 saturated heterocycles.